The van der Waals surface area contributed by atoms with Gasteiger partial charge in [0.05, 0.1) is 18.8 Å². The molecule has 0 saturated heterocycles. The van der Waals surface area contributed by atoms with Crippen molar-refractivity contribution in [3.63, 3.8) is 0 Å². The van der Waals surface area contributed by atoms with E-state index >= 15 is 0 Å². The van der Waals surface area contributed by atoms with Crippen LogP contribution in [0.2, 0.25) is 0 Å². The Hall–Kier alpha value is -3.00. The third-order valence-electron chi connectivity index (χ3n) is 4.69. The lowest BCUT2D eigenvalue weighted by atomic mass is 9.99. The number of allylic oxidation sites excluding steroid dienone is 1. The maximum Gasteiger partial charge on any atom is 0.416 e. The van der Waals surface area contributed by atoms with Gasteiger partial charge in [-0.15, -0.1) is 0 Å². The summed E-state index contributed by atoms with van der Waals surface area (Å²) in [6, 6.07) is 8.59. The molecule has 1 amide bonds. The lowest BCUT2D eigenvalue weighted by molar-refractivity contribution is -0.137. The Morgan fingerprint density at radius 2 is 1.93 bits per heavy atom. The van der Waals surface area contributed by atoms with Gasteiger partial charge in [-0.05, 0) is 48.7 Å². The summed E-state index contributed by atoms with van der Waals surface area (Å²) in [6.45, 7) is 0.882. The third kappa shape index (κ3) is 4.37. The highest BCUT2D eigenvalue weighted by atomic mass is 19.4. The van der Waals surface area contributed by atoms with Gasteiger partial charge in [0.2, 0.25) is 5.91 Å². The molecule has 0 radical (unpaired) electrons. The van der Waals surface area contributed by atoms with Crippen molar-refractivity contribution in [3.05, 3.63) is 59.2 Å². The molecule has 1 N–H and O–H groups in total. The van der Waals surface area contributed by atoms with Gasteiger partial charge in [0.15, 0.2) is 6.79 Å². The van der Waals surface area contributed by atoms with Gasteiger partial charge in [-0.2, -0.15) is 13.2 Å². The van der Waals surface area contributed by atoms with Crippen molar-refractivity contribution in [2.75, 3.05) is 18.7 Å². The molecule has 0 spiro atoms. The van der Waals surface area contributed by atoms with E-state index in [9.17, 15) is 18.0 Å². The van der Waals surface area contributed by atoms with Gasteiger partial charge >= 0.3 is 6.18 Å². The van der Waals surface area contributed by atoms with Crippen molar-refractivity contribution in [1.82, 2.24) is 0 Å². The number of ether oxygens (including phenoxy) is 3. The normalized spacial score (nSPS) is 17.4. The summed E-state index contributed by atoms with van der Waals surface area (Å²) < 4.78 is 55.0. The summed E-state index contributed by atoms with van der Waals surface area (Å²) in [5.41, 5.74) is 1.76. The Morgan fingerprint density at radius 1 is 1.07 bits per heavy atom. The molecule has 2 aliphatic rings. The Kier molecular flexibility index (Phi) is 5.19. The smallest absolute Gasteiger partial charge is 0.416 e. The molecule has 5 nitrogen and oxygen atoms in total. The molecule has 8 heteroatoms. The van der Waals surface area contributed by atoms with E-state index in [0.29, 0.717) is 42.0 Å². The average molecular weight is 405 g/mol. The van der Waals surface area contributed by atoms with Crippen LogP contribution in [0.1, 0.15) is 29.5 Å². The first kappa shape index (κ1) is 19.3. The Labute approximate surface area is 165 Å². The second-order valence-corrected chi connectivity index (χ2v) is 6.75. The quantitative estimate of drug-likeness (QED) is 0.732. The molecule has 4 rings (SSSR count). The number of carbonyl (C=O) groups is 1. The van der Waals surface area contributed by atoms with Crippen molar-refractivity contribution in [1.29, 1.82) is 0 Å². The number of nitrogens with one attached hydrogen (secondary N) is 1. The number of anilines is 1. The zero-order chi connectivity index (χ0) is 20.4. The van der Waals surface area contributed by atoms with Crippen molar-refractivity contribution >= 4 is 17.2 Å². The predicted octanol–water partition coefficient (Wildman–Crippen LogP) is 4.77. The van der Waals surface area contributed by atoms with Crippen LogP contribution in [0.4, 0.5) is 18.9 Å². The fraction of sp³-hybridized carbons (Fsp3) is 0.286. The Bertz CT molecular complexity index is 969. The van der Waals surface area contributed by atoms with Crippen LogP contribution in [-0.2, 0) is 22.3 Å². The molecular weight excluding hydrogens is 387 g/mol. The average Bonchev–Trinajstić information content (AvgIpc) is 2.89. The van der Waals surface area contributed by atoms with Crippen LogP contribution in [0.15, 0.2) is 42.5 Å². The van der Waals surface area contributed by atoms with Gasteiger partial charge in [-0.1, -0.05) is 6.07 Å². The molecule has 152 valence electrons. The SMILES string of the molecule is O=C(C=C1CCCOc2cc(C(F)(F)F)ccc21)Nc1ccc2c(c1)COCO2. The van der Waals surface area contributed by atoms with Crippen molar-refractivity contribution in [3.8, 4) is 11.5 Å². The van der Waals surface area contributed by atoms with E-state index in [2.05, 4.69) is 5.32 Å². The predicted molar refractivity (Wildman–Crippen MR) is 99.5 cm³/mol. The zero-order valence-corrected chi connectivity index (χ0v) is 15.3. The van der Waals surface area contributed by atoms with E-state index in [0.717, 1.165) is 17.7 Å². The summed E-state index contributed by atoms with van der Waals surface area (Å²) in [5.74, 6) is 0.479. The number of rotatable bonds is 2. The summed E-state index contributed by atoms with van der Waals surface area (Å²) in [7, 11) is 0. The molecule has 0 bridgehead atoms. The molecule has 0 fully saturated rings. The zero-order valence-electron chi connectivity index (χ0n) is 15.3. The number of halogens is 3. The number of hydrogen-bond acceptors (Lipinski definition) is 4. The van der Waals surface area contributed by atoms with E-state index in [1.165, 1.54) is 12.1 Å². The standard InChI is InChI=1S/C21H18F3NO4/c22-21(23,24)15-3-5-17-13(2-1-7-28-19(17)10-15)9-20(26)25-16-4-6-18-14(8-16)11-27-12-29-18/h3-6,8-10H,1-2,7,11-12H2,(H,25,26). The van der Waals surface area contributed by atoms with Gasteiger partial charge in [0.25, 0.3) is 0 Å². The number of alkyl halides is 3. The highest BCUT2D eigenvalue weighted by Gasteiger charge is 2.32. The van der Waals surface area contributed by atoms with E-state index in [1.807, 2.05) is 0 Å². The topological polar surface area (TPSA) is 56.8 Å². The number of hydrogen-bond donors (Lipinski definition) is 1. The van der Waals surface area contributed by atoms with Gasteiger partial charge in [-0.25, -0.2) is 0 Å². The van der Waals surface area contributed by atoms with E-state index in [4.69, 9.17) is 14.2 Å². The molecule has 2 aliphatic heterocycles. The van der Waals surface area contributed by atoms with E-state index in [-0.39, 0.29) is 25.1 Å². The molecule has 2 heterocycles. The first-order valence-electron chi connectivity index (χ1n) is 9.09. The van der Waals surface area contributed by atoms with Crippen molar-refractivity contribution in [2.45, 2.75) is 25.6 Å². The summed E-state index contributed by atoms with van der Waals surface area (Å²) in [4.78, 5) is 12.5. The van der Waals surface area contributed by atoms with Crippen LogP contribution in [0, 0.1) is 0 Å². The minimum absolute atomic E-state index is 0.138. The van der Waals surface area contributed by atoms with Crippen LogP contribution >= 0.6 is 0 Å². The first-order valence-corrected chi connectivity index (χ1v) is 9.09. The molecule has 0 aliphatic carbocycles. The lowest BCUT2D eigenvalue weighted by Crippen LogP contribution is -2.13. The number of fused-ring (bicyclic) bond motifs is 2. The highest BCUT2D eigenvalue weighted by Crippen LogP contribution is 2.38. The number of amides is 1. The Morgan fingerprint density at radius 3 is 2.76 bits per heavy atom. The maximum atomic E-state index is 13.0. The molecule has 2 aromatic rings. The molecule has 0 aromatic heterocycles. The number of carbonyl (C=O) groups excluding carboxylic acids is 1. The van der Waals surface area contributed by atoms with Crippen LogP contribution < -0.4 is 14.8 Å². The lowest BCUT2D eigenvalue weighted by Gasteiger charge is -2.18. The fourth-order valence-electron chi connectivity index (χ4n) is 3.32. The molecule has 0 atom stereocenters. The molecule has 0 unspecified atom stereocenters. The molecule has 0 saturated carbocycles. The minimum atomic E-state index is -4.45. The second-order valence-electron chi connectivity index (χ2n) is 6.75. The van der Waals surface area contributed by atoms with Crippen LogP contribution in [-0.4, -0.2) is 19.3 Å². The van der Waals surface area contributed by atoms with Crippen molar-refractivity contribution < 1.29 is 32.2 Å². The van der Waals surface area contributed by atoms with Gasteiger partial charge in [0, 0.05) is 22.9 Å². The highest BCUT2D eigenvalue weighted by molar-refractivity contribution is 6.04. The third-order valence-corrected chi connectivity index (χ3v) is 4.69. The van der Waals surface area contributed by atoms with Crippen LogP contribution in [0.3, 0.4) is 0 Å². The summed E-state index contributed by atoms with van der Waals surface area (Å²) in [6.07, 6.45) is -1.92. The number of benzene rings is 2. The van der Waals surface area contributed by atoms with Crippen LogP contribution in [0.25, 0.3) is 5.57 Å². The molecule has 2 aromatic carbocycles. The largest absolute Gasteiger partial charge is 0.493 e. The maximum absolute atomic E-state index is 13.0. The van der Waals surface area contributed by atoms with E-state index in [1.54, 1.807) is 18.2 Å². The second kappa shape index (κ2) is 7.79. The minimum Gasteiger partial charge on any atom is -0.493 e. The van der Waals surface area contributed by atoms with E-state index < -0.39 is 11.7 Å². The van der Waals surface area contributed by atoms with Gasteiger partial charge in [-0.3, -0.25) is 4.79 Å². The first-order chi connectivity index (χ1) is 13.9. The molecular formula is C21H18F3NO4. The summed E-state index contributed by atoms with van der Waals surface area (Å²) in [5, 5.41) is 2.78. The van der Waals surface area contributed by atoms with Gasteiger partial charge < -0.3 is 19.5 Å². The monoisotopic (exact) mass is 405 g/mol. The fourth-order valence-corrected chi connectivity index (χ4v) is 3.32. The van der Waals surface area contributed by atoms with Gasteiger partial charge in [0.1, 0.15) is 11.5 Å². The van der Waals surface area contributed by atoms with Crippen LogP contribution in [0.5, 0.6) is 11.5 Å². The summed E-state index contributed by atoms with van der Waals surface area (Å²) >= 11 is 0. The Balaban J connectivity index is 1.57. The van der Waals surface area contributed by atoms with Crippen molar-refractivity contribution in [2.24, 2.45) is 0 Å². The molecule has 29 heavy (non-hydrogen) atoms.